The zero-order chi connectivity index (χ0) is 17.0. The van der Waals surface area contributed by atoms with Crippen LogP contribution in [0.25, 0.3) is 0 Å². The van der Waals surface area contributed by atoms with Crippen LogP contribution < -0.4 is 5.32 Å². The van der Waals surface area contributed by atoms with Crippen molar-refractivity contribution in [1.82, 2.24) is 15.2 Å². The van der Waals surface area contributed by atoms with E-state index >= 15 is 0 Å². The standard InChI is InChI=1S/C19H29N3O2/c1-15-5-2-3-7-17(15)21-18(23)14-22-11-8-19(24,9-12-22)16-6-4-10-20-13-16/h4,6,10,13,15,17,24H,2-3,5,7-9,11-12,14H2,1H3,(H,21,23)/t15-,17+/m1/s1. The van der Waals surface area contributed by atoms with Crippen molar-refractivity contribution in [2.24, 2.45) is 5.92 Å². The Balaban J connectivity index is 1.47. The average molecular weight is 331 g/mol. The van der Waals surface area contributed by atoms with E-state index < -0.39 is 5.60 Å². The van der Waals surface area contributed by atoms with Crippen molar-refractivity contribution >= 4 is 5.91 Å². The van der Waals surface area contributed by atoms with Gasteiger partial charge in [-0.2, -0.15) is 0 Å². The number of hydrogen-bond acceptors (Lipinski definition) is 4. The van der Waals surface area contributed by atoms with Crippen molar-refractivity contribution in [2.45, 2.75) is 57.1 Å². The Labute approximate surface area is 144 Å². The van der Waals surface area contributed by atoms with E-state index in [1.165, 1.54) is 19.3 Å². The van der Waals surface area contributed by atoms with Crippen LogP contribution in [0.3, 0.4) is 0 Å². The highest BCUT2D eigenvalue weighted by atomic mass is 16.3. The molecule has 0 radical (unpaired) electrons. The number of hydrogen-bond donors (Lipinski definition) is 2. The van der Waals surface area contributed by atoms with Gasteiger partial charge in [0.15, 0.2) is 0 Å². The zero-order valence-corrected chi connectivity index (χ0v) is 14.6. The van der Waals surface area contributed by atoms with E-state index in [9.17, 15) is 9.90 Å². The Morgan fingerprint density at radius 3 is 2.79 bits per heavy atom. The number of nitrogens with zero attached hydrogens (tertiary/aromatic N) is 2. The van der Waals surface area contributed by atoms with E-state index in [1.807, 2.05) is 12.1 Å². The first-order chi connectivity index (χ1) is 11.6. The van der Waals surface area contributed by atoms with Gasteiger partial charge in [-0.3, -0.25) is 14.7 Å². The number of pyridine rings is 1. The maximum absolute atomic E-state index is 12.3. The van der Waals surface area contributed by atoms with Crippen LogP contribution in [0.2, 0.25) is 0 Å². The van der Waals surface area contributed by atoms with Crippen molar-refractivity contribution in [3.05, 3.63) is 30.1 Å². The van der Waals surface area contributed by atoms with Gasteiger partial charge in [-0.1, -0.05) is 25.8 Å². The van der Waals surface area contributed by atoms with Crippen LogP contribution in [-0.2, 0) is 10.4 Å². The fourth-order valence-electron chi connectivity index (χ4n) is 3.99. The first-order valence-corrected chi connectivity index (χ1v) is 9.21. The molecule has 1 aromatic heterocycles. The molecule has 1 amide bonds. The number of likely N-dealkylation sites (tertiary alicyclic amines) is 1. The fourth-order valence-corrected chi connectivity index (χ4v) is 3.99. The Morgan fingerprint density at radius 1 is 1.38 bits per heavy atom. The number of aliphatic hydroxyl groups is 1. The molecule has 2 aliphatic rings. The SMILES string of the molecule is C[C@@H]1CCCC[C@@H]1NC(=O)CN1CCC(O)(c2cccnc2)CC1. The molecule has 1 aromatic rings. The number of carbonyl (C=O) groups excluding carboxylic acids is 1. The van der Waals surface area contributed by atoms with E-state index in [0.29, 0.717) is 31.3 Å². The molecule has 1 saturated heterocycles. The summed E-state index contributed by atoms with van der Waals surface area (Å²) in [5.74, 6) is 0.709. The third-order valence-electron chi connectivity index (χ3n) is 5.71. The molecule has 3 rings (SSSR count). The molecule has 5 heteroatoms. The monoisotopic (exact) mass is 331 g/mol. The molecule has 24 heavy (non-hydrogen) atoms. The molecule has 0 unspecified atom stereocenters. The number of piperidine rings is 1. The molecule has 2 fully saturated rings. The molecule has 0 bridgehead atoms. The lowest BCUT2D eigenvalue weighted by Crippen LogP contribution is -2.49. The van der Waals surface area contributed by atoms with Gasteiger partial charge in [-0.15, -0.1) is 0 Å². The van der Waals surface area contributed by atoms with Gasteiger partial charge in [-0.05, 0) is 37.7 Å². The molecule has 0 aromatic carbocycles. The molecular formula is C19H29N3O2. The maximum atomic E-state index is 12.3. The summed E-state index contributed by atoms with van der Waals surface area (Å²) in [6.45, 7) is 4.14. The topological polar surface area (TPSA) is 65.5 Å². The Morgan fingerprint density at radius 2 is 2.12 bits per heavy atom. The van der Waals surface area contributed by atoms with Crippen LogP contribution in [0.15, 0.2) is 24.5 Å². The predicted molar refractivity (Wildman–Crippen MR) is 93.4 cm³/mol. The maximum Gasteiger partial charge on any atom is 0.234 e. The fraction of sp³-hybridized carbons (Fsp3) is 0.684. The number of carbonyl (C=O) groups is 1. The van der Waals surface area contributed by atoms with E-state index in [1.54, 1.807) is 12.4 Å². The van der Waals surface area contributed by atoms with Gasteiger partial charge in [-0.25, -0.2) is 0 Å². The van der Waals surface area contributed by atoms with Crippen molar-refractivity contribution < 1.29 is 9.90 Å². The number of aromatic nitrogens is 1. The van der Waals surface area contributed by atoms with Crippen molar-refractivity contribution in [3.63, 3.8) is 0 Å². The normalized spacial score (nSPS) is 27.6. The minimum absolute atomic E-state index is 0.126. The smallest absolute Gasteiger partial charge is 0.234 e. The lowest BCUT2D eigenvalue weighted by atomic mass is 9.85. The van der Waals surface area contributed by atoms with Gasteiger partial charge in [0.25, 0.3) is 0 Å². The summed E-state index contributed by atoms with van der Waals surface area (Å²) in [7, 11) is 0. The third-order valence-corrected chi connectivity index (χ3v) is 5.71. The summed E-state index contributed by atoms with van der Waals surface area (Å²) in [5.41, 5.74) is 0.0733. The highest BCUT2D eigenvalue weighted by Gasteiger charge is 2.34. The van der Waals surface area contributed by atoms with E-state index in [2.05, 4.69) is 22.1 Å². The molecule has 132 valence electrons. The second kappa shape index (κ2) is 7.62. The van der Waals surface area contributed by atoms with Gasteiger partial charge in [0.05, 0.1) is 12.1 Å². The first kappa shape index (κ1) is 17.4. The molecule has 2 heterocycles. The molecule has 0 spiro atoms. The van der Waals surface area contributed by atoms with E-state index in [-0.39, 0.29) is 5.91 Å². The summed E-state index contributed by atoms with van der Waals surface area (Å²) < 4.78 is 0. The quantitative estimate of drug-likeness (QED) is 0.886. The number of nitrogens with one attached hydrogen (secondary N) is 1. The molecule has 2 N–H and O–H groups in total. The van der Waals surface area contributed by atoms with Crippen molar-refractivity contribution in [3.8, 4) is 0 Å². The minimum Gasteiger partial charge on any atom is -0.385 e. The minimum atomic E-state index is -0.806. The molecular weight excluding hydrogens is 302 g/mol. The predicted octanol–water partition coefficient (Wildman–Crippen LogP) is 2.06. The van der Waals surface area contributed by atoms with Gasteiger partial charge in [0.1, 0.15) is 0 Å². The van der Waals surface area contributed by atoms with Crippen LogP contribution in [0.1, 0.15) is 51.0 Å². The second-order valence-electron chi connectivity index (χ2n) is 7.49. The Hall–Kier alpha value is -1.46. The summed E-state index contributed by atoms with van der Waals surface area (Å²) in [6.07, 6.45) is 9.58. The third kappa shape index (κ3) is 4.14. The van der Waals surface area contributed by atoms with Crippen molar-refractivity contribution in [1.29, 1.82) is 0 Å². The Kier molecular flexibility index (Phi) is 5.51. The molecule has 1 saturated carbocycles. The summed E-state index contributed by atoms with van der Waals surface area (Å²) >= 11 is 0. The molecule has 1 aliphatic carbocycles. The summed E-state index contributed by atoms with van der Waals surface area (Å²) in [5, 5.41) is 14.0. The van der Waals surface area contributed by atoms with Crippen LogP contribution in [0, 0.1) is 5.92 Å². The number of amides is 1. The highest BCUT2D eigenvalue weighted by Crippen LogP contribution is 2.32. The van der Waals surface area contributed by atoms with E-state index in [4.69, 9.17) is 0 Å². The van der Waals surface area contributed by atoms with Crippen molar-refractivity contribution in [2.75, 3.05) is 19.6 Å². The van der Waals surface area contributed by atoms with E-state index in [0.717, 1.165) is 25.1 Å². The van der Waals surface area contributed by atoms with Gasteiger partial charge < -0.3 is 10.4 Å². The van der Waals surface area contributed by atoms with Gasteiger partial charge in [0.2, 0.25) is 5.91 Å². The lowest BCUT2D eigenvalue weighted by molar-refractivity contribution is -0.124. The largest absolute Gasteiger partial charge is 0.385 e. The average Bonchev–Trinajstić information content (AvgIpc) is 2.60. The van der Waals surface area contributed by atoms with Crippen LogP contribution in [0.5, 0.6) is 0 Å². The van der Waals surface area contributed by atoms with Crippen LogP contribution in [0.4, 0.5) is 0 Å². The molecule has 1 aliphatic heterocycles. The highest BCUT2D eigenvalue weighted by molar-refractivity contribution is 5.78. The van der Waals surface area contributed by atoms with Crippen LogP contribution >= 0.6 is 0 Å². The lowest BCUT2D eigenvalue weighted by Gasteiger charge is -2.38. The zero-order valence-electron chi connectivity index (χ0n) is 14.6. The first-order valence-electron chi connectivity index (χ1n) is 9.21. The van der Waals surface area contributed by atoms with Gasteiger partial charge >= 0.3 is 0 Å². The summed E-state index contributed by atoms with van der Waals surface area (Å²) in [4.78, 5) is 18.6. The van der Waals surface area contributed by atoms with Crippen LogP contribution in [-0.4, -0.2) is 46.6 Å². The second-order valence-corrected chi connectivity index (χ2v) is 7.49. The Bertz CT molecular complexity index is 541. The van der Waals surface area contributed by atoms with Gasteiger partial charge in [0, 0.05) is 37.1 Å². The number of rotatable bonds is 4. The summed E-state index contributed by atoms with van der Waals surface area (Å²) in [6, 6.07) is 4.13. The molecule has 2 atom stereocenters. The molecule has 5 nitrogen and oxygen atoms in total.